The summed E-state index contributed by atoms with van der Waals surface area (Å²) in [6.45, 7) is 0.369. The topological polar surface area (TPSA) is 52.3 Å². The maximum Gasteiger partial charge on any atom is 0.337 e. The van der Waals surface area contributed by atoms with Crippen LogP contribution in [0.5, 0.6) is 0 Å². The Balaban J connectivity index is 2.22. The number of hydrogen-bond donors (Lipinski definition) is 1. The van der Waals surface area contributed by atoms with Crippen LogP contribution in [0.25, 0.3) is 11.1 Å². The first-order chi connectivity index (χ1) is 9.67. The number of rotatable bonds is 2. The Bertz CT molecular complexity index is 697. The lowest BCUT2D eigenvalue weighted by atomic mass is 9.96. The molecule has 0 amide bonds. The number of carbonyl (C=O) groups excluding carboxylic acids is 1. The highest BCUT2D eigenvalue weighted by molar-refractivity contribution is 5.92. The number of benzene rings is 2. The number of esters is 1. The molecule has 1 aliphatic carbocycles. The van der Waals surface area contributed by atoms with Gasteiger partial charge in [0.2, 0.25) is 0 Å². The number of nitrogens with two attached hydrogens (primary N) is 1. The molecule has 0 radical (unpaired) electrons. The summed E-state index contributed by atoms with van der Waals surface area (Å²) in [5.74, 6) is -0.745. The molecule has 0 saturated carbocycles. The van der Waals surface area contributed by atoms with Crippen molar-refractivity contribution in [3.63, 3.8) is 0 Å². The first-order valence-electron chi connectivity index (χ1n) is 6.38. The second-order valence-corrected chi connectivity index (χ2v) is 4.79. The molecule has 0 heterocycles. The minimum absolute atomic E-state index is 0.0830. The second kappa shape index (κ2) is 4.72. The van der Waals surface area contributed by atoms with Gasteiger partial charge in [0, 0.05) is 18.0 Å². The quantitative estimate of drug-likeness (QED) is 0.854. The van der Waals surface area contributed by atoms with Gasteiger partial charge in [-0.15, -0.1) is 0 Å². The van der Waals surface area contributed by atoms with E-state index in [-0.39, 0.29) is 11.7 Å². The van der Waals surface area contributed by atoms with E-state index in [0.29, 0.717) is 17.7 Å². The smallest absolute Gasteiger partial charge is 0.337 e. The molecule has 2 aromatic carbocycles. The van der Waals surface area contributed by atoms with Crippen LogP contribution in [0, 0.1) is 5.82 Å². The van der Waals surface area contributed by atoms with Crippen LogP contribution in [0.15, 0.2) is 36.4 Å². The zero-order valence-corrected chi connectivity index (χ0v) is 11.0. The maximum absolute atomic E-state index is 14.1. The fourth-order valence-corrected chi connectivity index (χ4v) is 2.86. The van der Waals surface area contributed by atoms with Crippen LogP contribution in [0.3, 0.4) is 0 Å². The molecule has 0 aliphatic heterocycles. The summed E-state index contributed by atoms with van der Waals surface area (Å²) < 4.78 is 18.8. The van der Waals surface area contributed by atoms with Crippen molar-refractivity contribution in [1.82, 2.24) is 0 Å². The summed E-state index contributed by atoms with van der Waals surface area (Å²) in [6.07, 6.45) is 0. The zero-order chi connectivity index (χ0) is 14.3. The van der Waals surface area contributed by atoms with Crippen LogP contribution < -0.4 is 5.73 Å². The van der Waals surface area contributed by atoms with Gasteiger partial charge in [0.05, 0.1) is 12.7 Å². The van der Waals surface area contributed by atoms with E-state index in [1.807, 2.05) is 6.07 Å². The van der Waals surface area contributed by atoms with Crippen LogP contribution in [-0.4, -0.2) is 19.6 Å². The molecule has 1 aliphatic rings. The Morgan fingerprint density at radius 3 is 2.80 bits per heavy atom. The van der Waals surface area contributed by atoms with E-state index in [2.05, 4.69) is 0 Å². The van der Waals surface area contributed by atoms with Gasteiger partial charge in [0.15, 0.2) is 0 Å². The normalized spacial score (nSPS) is 15.7. The number of fused-ring (bicyclic) bond motifs is 3. The summed E-state index contributed by atoms with van der Waals surface area (Å²) >= 11 is 0. The third-order valence-electron chi connectivity index (χ3n) is 3.77. The van der Waals surface area contributed by atoms with E-state index in [9.17, 15) is 9.18 Å². The number of methoxy groups -OCH3 is 1. The van der Waals surface area contributed by atoms with Crippen molar-refractivity contribution in [3.05, 3.63) is 58.9 Å². The molecular weight excluding hydrogens is 257 g/mol. The molecule has 0 saturated heterocycles. The lowest BCUT2D eigenvalue weighted by Gasteiger charge is -2.11. The number of carbonyl (C=O) groups is 1. The van der Waals surface area contributed by atoms with Crippen LogP contribution in [0.4, 0.5) is 4.39 Å². The van der Waals surface area contributed by atoms with Gasteiger partial charge in [-0.2, -0.15) is 0 Å². The lowest BCUT2D eigenvalue weighted by molar-refractivity contribution is 0.0600. The molecular formula is C16H14FNO2. The minimum Gasteiger partial charge on any atom is -0.465 e. The van der Waals surface area contributed by atoms with Crippen molar-refractivity contribution in [2.75, 3.05) is 13.7 Å². The van der Waals surface area contributed by atoms with Crippen LogP contribution in [0.1, 0.15) is 27.4 Å². The van der Waals surface area contributed by atoms with E-state index in [4.69, 9.17) is 10.5 Å². The Morgan fingerprint density at radius 2 is 2.10 bits per heavy atom. The van der Waals surface area contributed by atoms with Gasteiger partial charge in [-0.3, -0.25) is 0 Å². The third kappa shape index (κ3) is 1.72. The van der Waals surface area contributed by atoms with Crippen molar-refractivity contribution in [2.45, 2.75) is 5.92 Å². The van der Waals surface area contributed by atoms with Gasteiger partial charge >= 0.3 is 5.97 Å². The van der Waals surface area contributed by atoms with Crippen molar-refractivity contribution in [3.8, 4) is 11.1 Å². The molecule has 0 fully saturated rings. The summed E-state index contributed by atoms with van der Waals surface area (Å²) in [7, 11) is 1.34. The molecule has 0 spiro atoms. The van der Waals surface area contributed by atoms with Gasteiger partial charge in [0.25, 0.3) is 0 Å². The molecule has 2 N–H and O–H groups in total. The molecule has 102 valence electrons. The highest BCUT2D eigenvalue weighted by Crippen LogP contribution is 2.45. The van der Waals surface area contributed by atoms with Gasteiger partial charge in [-0.1, -0.05) is 18.2 Å². The average Bonchev–Trinajstić information content (AvgIpc) is 2.80. The monoisotopic (exact) mass is 271 g/mol. The van der Waals surface area contributed by atoms with Crippen LogP contribution in [-0.2, 0) is 4.74 Å². The maximum atomic E-state index is 14.1. The molecule has 1 atom stereocenters. The van der Waals surface area contributed by atoms with Gasteiger partial charge < -0.3 is 10.5 Å². The number of ether oxygens (including phenoxy) is 1. The number of halogens is 1. The van der Waals surface area contributed by atoms with E-state index in [1.54, 1.807) is 24.3 Å². The molecule has 4 heteroatoms. The van der Waals surface area contributed by atoms with Crippen molar-refractivity contribution >= 4 is 5.97 Å². The Hall–Kier alpha value is -2.20. The van der Waals surface area contributed by atoms with E-state index < -0.39 is 5.97 Å². The van der Waals surface area contributed by atoms with Gasteiger partial charge in [0.1, 0.15) is 5.82 Å². The molecule has 20 heavy (non-hydrogen) atoms. The predicted molar refractivity (Wildman–Crippen MR) is 74.1 cm³/mol. The highest BCUT2D eigenvalue weighted by atomic mass is 19.1. The Labute approximate surface area is 116 Å². The SMILES string of the molecule is COC(=O)c1ccc2c(c1)C(CN)c1cccc(F)c1-2. The first kappa shape index (κ1) is 12.8. The zero-order valence-electron chi connectivity index (χ0n) is 11.0. The Kier molecular flexibility index (Phi) is 3.03. The molecule has 0 aromatic heterocycles. The molecule has 2 aromatic rings. The number of hydrogen-bond acceptors (Lipinski definition) is 3. The average molecular weight is 271 g/mol. The van der Waals surface area contributed by atoms with E-state index in [1.165, 1.54) is 13.2 Å². The molecule has 3 rings (SSSR count). The molecule has 1 unspecified atom stereocenters. The molecule has 3 nitrogen and oxygen atoms in total. The summed E-state index contributed by atoms with van der Waals surface area (Å²) in [6, 6.07) is 10.2. The summed E-state index contributed by atoms with van der Waals surface area (Å²) in [5, 5.41) is 0. The first-order valence-corrected chi connectivity index (χ1v) is 6.38. The van der Waals surface area contributed by atoms with Crippen molar-refractivity contribution in [2.24, 2.45) is 5.73 Å². The molecule has 0 bridgehead atoms. The fraction of sp³-hybridized carbons (Fsp3) is 0.188. The third-order valence-corrected chi connectivity index (χ3v) is 3.77. The second-order valence-electron chi connectivity index (χ2n) is 4.79. The Morgan fingerprint density at radius 1 is 1.30 bits per heavy atom. The summed E-state index contributed by atoms with van der Waals surface area (Å²) in [5.41, 5.74) is 9.45. The highest BCUT2D eigenvalue weighted by Gasteiger charge is 2.30. The van der Waals surface area contributed by atoms with E-state index >= 15 is 0 Å². The fourth-order valence-electron chi connectivity index (χ4n) is 2.86. The largest absolute Gasteiger partial charge is 0.465 e. The van der Waals surface area contributed by atoms with Crippen molar-refractivity contribution in [1.29, 1.82) is 0 Å². The summed E-state index contributed by atoms with van der Waals surface area (Å²) in [4.78, 5) is 11.6. The van der Waals surface area contributed by atoms with Crippen LogP contribution in [0.2, 0.25) is 0 Å². The van der Waals surface area contributed by atoms with E-state index in [0.717, 1.165) is 16.7 Å². The van der Waals surface area contributed by atoms with Crippen molar-refractivity contribution < 1.29 is 13.9 Å². The van der Waals surface area contributed by atoms with Gasteiger partial charge in [-0.25, -0.2) is 9.18 Å². The minimum atomic E-state index is -0.403. The lowest BCUT2D eigenvalue weighted by Crippen LogP contribution is -2.12. The predicted octanol–water partition coefficient (Wildman–Crippen LogP) is 2.68. The standard InChI is InChI=1S/C16H14FNO2/c1-20-16(19)9-5-6-11-12(7-9)13(8-18)10-3-2-4-14(17)15(10)11/h2-7,13H,8,18H2,1H3. The van der Waals surface area contributed by atoms with Gasteiger partial charge in [-0.05, 0) is 34.9 Å². The van der Waals surface area contributed by atoms with Crippen LogP contribution >= 0.6 is 0 Å².